The van der Waals surface area contributed by atoms with E-state index in [9.17, 15) is 0 Å². The first-order chi connectivity index (χ1) is 9.31. The number of para-hydroxylation sites is 1. The van der Waals surface area contributed by atoms with Crippen LogP contribution in [-0.4, -0.2) is 0 Å². The van der Waals surface area contributed by atoms with E-state index in [4.69, 9.17) is 5.73 Å². The Morgan fingerprint density at radius 1 is 0.737 bits per heavy atom. The number of anilines is 1. The third-order valence-corrected chi connectivity index (χ3v) is 2.84. The lowest BCUT2D eigenvalue weighted by atomic mass is 10.1. The van der Waals surface area contributed by atoms with E-state index in [0.29, 0.717) is 0 Å². The second kappa shape index (κ2) is 6.41. The van der Waals surface area contributed by atoms with Gasteiger partial charge in [-0.1, -0.05) is 73.3 Å². The van der Waals surface area contributed by atoms with Gasteiger partial charge in [0.2, 0.25) is 0 Å². The summed E-state index contributed by atoms with van der Waals surface area (Å²) in [5.74, 6) is 0. The van der Waals surface area contributed by atoms with Crippen molar-refractivity contribution in [1.29, 1.82) is 0 Å². The fourth-order valence-corrected chi connectivity index (χ4v) is 1.88. The number of fused-ring (bicyclic) bond motifs is 1. The summed E-state index contributed by atoms with van der Waals surface area (Å²) in [4.78, 5) is 0. The quantitative estimate of drug-likeness (QED) is 0.617. The van der Waals surface area contributed by atoms with E-state index in [0.717, 1.165) is 5.69 Å². The van der Waals surface area contributed by atoms with Crippen molar-refractivity contribution in [2.45, 2.75) is 0 Å². The van der Waals surface area contributed by atoms with Crippen LogP contribution in [0, 0.1) is 0 Å². The van der Waals surface area contributed by atoms with Crippen LogP contribution >= 0.6 is 0 Å². The van der Waals surface area contributed by atoms with Crippen LogP contribution in [0.2, 0.25) is 0 Å². The van der Waals surface area contributed by atoms with Gasteiger partial charge < -0.3 is 5.73 Å². The zero-order valence-corrected chi connectivity index (χ0v) is 10.8. The largest absolute Gasteiger partial charge is 0.399 e. The molecule has 1 nitrogen and oxygen atoms in total. The van der Waals surface area contributed by atoms with Crippen LogP contribution in [-0.2, 0) is 0 Å². The molecule has 0 saturated carbocycles. The highest BCUT2D eigenvalue weighted by Gasteiger charge is 1.93. The van der Waals surface area contributed by atoms with Gasteiger partial charge in [-0.3, -0.25) is 0 Å². The third-order valence-electron chi connectivity index (χ3n) is 2.84. The Morgan fingerprint density at radius 2 is 1.37 bits per heavy atom. The van der Waals surface area contributed by atoms with Crippen molar-refractivity contribution in [2.75, 3.05) is 5.73 Å². The van der Waals surface area contributed by atoms with E-state index in [1.54, 1.807) is 0 Å². The van der Waals surface area contributed by atoms with Crippen LogP contribution in [0.15, 0.2) is 79.4 Å². The number of hydrogen-bond donors (Lipinski definition) is 1. The fraction of sp³-hybridized carbons (Fsp3) is 0. The van der Waals surface area contributed by atoms with Gasteiger partial charge >= 0.3 is 0 Å². The Labute approximate surface area is 114 Å². The average molecular weight is 247 g/mol. The van der Waals surface area contributed by atoms with Crippen LogP contribution < -0.4 is 5.73 Å². The molecule has 0 heterocycles. The predicted octanol–water partition coefficient (Wildman–Crippen LogP) is 4.75. The summed E-state index contributed by atoms with van der Waals surface area (Å²) < 4.78 is 0. The standard InChI is InChI=1S/C12H10.C6H7N/c1-2-10-7-5-8-11-6-3-4-9-12(10)11;7-6-4-2-1-3-5-6/h2-9H,1H2;1-5H,7H2. The maximum Gasteiger partial charge on any atom is 0.0313 e. The molecule has 3 rings (SSSR count). The summed E-state index contributed by atoms with van der Waals surface area (Å²) in [5.41, 5.74) is 7.38. The lowest BCUT2D eigenvalue weighted by Gasteiger charge is -1.99. The van der Waals surface area contributed by atoms with Crippen LogP contribution in [0.3, 0.4) is 0 Å². The van der Waals surface area contributed by atoms with Crippen LogP contribution in [0.1, 0.15) is 5.56 Å². The summed E-state index contributed by atoms with van der Waals surface area (Å²) in [7, 11) is 0. The molecule has 0 aliphatic carbocycles. The van der Waals surface area contributed by atoms with E-state index < -0.39 is 0 Å². The van der Waals surface area contributed by atoms with Crippen molar-refractivity contribution in [1.82, 2.24) is 0 Å². The minimum absolute atomic E-state index is 0.822. The van der Waals surface area contributed by atoms with Gasteiger partial charge in [0.25, 0.3) is 0 Å². The summed E-state index contributed by atoms with van der Waals surface area (Å²) in [6, 6.07) is 24.1. The minimum atomic E-state index is 0.822. The average Bonchev–Trinajstić information content (AvgIpc) is 2.48. The first-order valence-corrected chi connectivity index (χ1v) is 6.22. The fourth-order valence-electron chi connectivity index (χ4n) is 1.88. The van der Waals surface area contributed by atoms with Crippen LogP contribution in [0.25, 0.3) is 16.8 Å². The topological polar surface area (TPSA) is 26.0 Å². The monoisotopic (exact) mass is 247 g/mol. The van der Waals surface area contributed by atoms with Crippen molar-refractivity contribution in [2.24, 2.45) is 0 Å². The van der Waals surface area contributed by atoms with Crippen molar-refractivity contribution < 1.29 is 0 Å². The van der Waals surface area contributed by atoms with Crippen molar-refractivity contribution in [3.63, 3.8) is 0 Å². The molecule has 3 aromatic carbocycles. The lowest BCUT2D eigenvalue weighted by molar-refractivity contribution is 1.69. The molecule has 0 unspecified atom stereocenters. The molecule has 19 heavy (non-hydrogen) atoms. The molecular weight excluding hydrogens is 230 g/mol. The molecule has 0 spiro atoms. The molecule has 2 N–H and O–H groups in total. The van der Waals surface area contributed by atoms with Gasteiger partial charge in [-0.25, -0.2) is 0 Å². The third kappa shape index (κ3) is 3.46. The Balaban J connectivity index is 0.000000163. The van der Waals surface area contributed by atoms with E-state index in [2.05, 4.69) is 49.0 Å². The summed E-state index contributed by atoms with van der Waals surface area (Å²) >= 11 is 0. The highest BCUT2D eigenvalue weighted by atomic mass is 14.5. The van der Waals surface area contributed by atoms with Gasteiger partial charge in [0, 0.05) is 5.69 Å². The SMILES string of the molecule is C=Cc1cccc2ccccc12.Nc1ccccc1. The van der Waals surface area contributed by atoms with Crippen LogP contribution in [0.5, 0.6) is 0 Å². The minimum Gasteiger partial charge on any atom is -0.399 e. The normalized spacial score (nSPS) is 9.47. The highest BCUT2D eigenvalue weighted by molar-refractivity contribution is 5.90. The second-order valence-electron chi connectivity index (χ2n) is 4.18. The summed E-state index contributed by atoms with van der Waals surface area (Å²) in [6.45, 7) is 3.78. The molecule has 0 radical (unpaired) electrons. The number of benzene rings is 3. The summed E-state index contributed by atoms with van der Waals surface area (Å²) in [5, 5.41) is 2.55. The molecule has 0 aliphatic rings. The van der Waals surface area contributed by atoms with Crippen molar-refractivity contribution >= 4 is 22.5 Å². The molecule has 3 aromatic rings. The van der Waals surface area contributed by atoms with Gasteiger partial charge in [0.15, 0.2) is 0 Å². The van der Waals surface area contributed by atoms with Gasteiger partial charge in [-0.15, -0.1) is 0 Å². The number of rotatable bonds is 1. The Morgan fingerprint density at radius 3 is 2.00 bits per heavy atom. The molecule has 0 aromatic heterocycles. The van der Waals surface area contributed by atoms with E-state index >= 15 is 0 Å². The van der Waals surface area contributed by atoms with Gasteiger partial charge in [0.1, 0.15) is 0 Å². The molecule has 0 bridgehead atoms. The number of hydrogen-bond acceptors (Lipinski definition) is 1. The second-order valence-corrected chi connectivity index (χ2v) is 4.18. The van der Waals surface area contributed by atoms with Gasteiger partial charge in [-0.05, 0) is 28.5 Å². The van der Waals surface area contributed by atoms with Crippen LogP contribution in [0.4, 0.5) is 5.69 Å². The van der Waals surface area contributed by atoms with E-state index in [1.165, 1.54) is 16.3 Å². The van der Waals surface area contributed by atoms with Gasteiger partial charge in [0.05, 0.1) is 0 Å². The first-order valence-electron chi connectivity index (χ1n) is 6.22. The Kier molecular flexibility index (Phi) is 4.35. The van der Waals surface area contributed by atoms with E-state index in [1.807, 2.05) is 36.4 Å². The maximum atomic E-state index is 5.36. The molecule has 0 amide bonds. The Hall–Kier alpha value is -2.54. The molecule has 0 saturated heterocycles. The molecule has 0 fully saturated rings. The van der Waals surface area contributed by atoms with Crippen molar-refractivity contribution in [3.05, 3.63) is 84.9 Å². The van der Waals surface area contributed by atoms with E-state index in [-0.39, 0.29) is 0 Å². The first kappa shape index (κ1) is 12.9. The van der Waals surface area contributed by atoms with Crippen molar-refractivity contribution in [3.8, 4) is 0 Å². The lowest BCUT2D eigenvalue weighted by Crippen LogP contribution is -1.79. The zero-order valence-electron chi connectivity index (χ0n) is 10.8. The number of nitrogen functional groups attached to an aromatic ring is 1. The van der Waals surface area contributed by atoms with Gasteiger partial charge in [-0.2, -0.15) is 0 Å². The molecular formula is C18H17N. The predicted molar refractivity (Wildman–Crippen MR) is 84.9 cm³/mol. The summed E-state index contributed by atoms with van der Waals surface area (Å²) in [6.07, 6.45) is 1.89. The molecule has 0 aliphatic heterocycles. The number of nitrogens with two attached hydrogens (primary N) is 1. The molecule has 1 heteroatoms. The smallest absolute Gasteiger partial charge is 0.0313 e. The molecule has 0 atom stereocenters. The Bertz CT molecular complexity index is 651. The highest BCUT2D eigenvalue weighted by Crippen LogP contribution is 2.18. The molecule has 94 valence electrons. The maximum absolute atomic E-state index is 5.36. The zero-order chi connectivity index (χ0) is 13.5.